The van der Waals surface area contributed by atoms with E-state index in [4.69, 9.17) is 0 Å². The van der Waals surface area contributed by atoms with Crippen LogP contribution >= 0.6 is 0 Å². The molecule has 1 aromatic heterocycles. The average Bonchev–Trinajstić information content (AvgIpc) is 3.10. The van der Waals surface area contributed by atoms with E-state index in [2.05, 4.69) is 15.6 Å². The first-order valence-corrected chi connectivity index (χ1v) is 8.67. The van der Waals surface area contributed by atoms with Crippen molar-refractivity contribution in [3.63, 3.8) is 0 Å². The van der Waals surface area contributed by atoms with E-state index in [0.29, 0.717) is 12.1 Å². The third-order valence-corrected chi connectivity index (χ3v) is 4.70. The van der Waals surface area contributed by atoms with E-state index in [1.807, 2.05) is 31.2 Å². The van der Waals surface area contributed by atoms with Gasteiger partial charge in [-0.15, -0.1) is 0 Å². The van der Waals surface area contributed by atoms with Gasteiger partial charge in [0.05, 0.1) is 5.92 Å². The van der Waals surface area contributed by atoms with Crippen LogP contribution in [0.5, 0.6) is 0 Å². The summed E-state index contributed by atoms with van der Waals surface area (Å²) in [5.74, 6) is -0.306. The van der Waals surface area contributed by atoms with Crippen molar-refractivity contribution in [3.05, 3.63) is 65.5 Å². The largest absolute Gasteiger partial charge is 0.352 e. The summed E-state index contributed by atoms with van der Waals surface area (Å²) in [6.07, 6.45) is 5.77. The lowest BCUT2D eigenvalue weighted by Crippen LogP contribution is -2.43. The van der Waals surface area contributed by atoms with E-state index in [1.54, 1.807) is 24.5 Å². The molecule has 130 valence electrons. The second-order valence-corrected chi connectivity index (χ2v) is 6.56. The van der Waals surface area contributed by atoms with Gasteiger partial charge < -0.3 is 10.6 Å². The molecule has 0 aliphatic heterocycles. The third kappa shape index (κ3) is 4.44. The molecule has 2 atom stereocenters. The molecule has 1 saturated carbocycles. The number of hydrogen-bond donors (Lipinski definition) is 2. The monoisotopic (exact) mass is 337 g/mol. The molecule has 0 spiro atoms. The van der Waals surface area contributed by atoms with Crippen LogP contribution in [0.2, 0.25) is 0 Å². The molecule has 2 aromatic rings. The molecule has 0 radical (unpaired) electrons. The van der Waals surface area contributed by atoms with E-state index in [9.17, 15) is 9.59 Å². The maximum Gasteiger partial charge on any atom is 0.251 e. The Labute approximate surface area is 147 Å². The number of hydrogen-bond acceptors (Lipinski definition) is 3. The van der Waals surface area contributed by atoms with Crippen LogP contribution in [0.4, 0.5) is 0 Å². The highest BCUT2D eigenvalue weighted by Gasteiger charge is 2.33. The predicted octanol–water partition coefficient (Wildman–Crippen LogP) is 2.60. The van der Waals surface area contributed by atoms with Crippen LogP contribution in [0.25, 0.3) is 0 Å². The Kier molecular flexibility index (Phi) is 5.43. The number of rotatable bonds is 5. The molecule has 1 heterocycles. The lowest BCUT2D eigenvalue weighted by molar-refractivity contribution is -0.125. The SMILES string of the molecule is Cc1ccc(CNC(=O)[C@H]2CCC[C@H]2NC(=O)c2ccncc2)cc1. The Hall–Kier alpha value is -2.69. The highest BCUT2D eigenvalue weighted by atomic mass is 16.2. The van der Waals surface area contributed by atoms with Crippen molar-refractivity contribution in [1.82, 2.24) is 15.6 Å². The fourth-order valence-electron chi connectivity index (χ4n) is 3.23. The van der Waals surface area contributed by atoms with Gasteiger partial charge in [-0.25, -0.2) is 0 Å². The molecule has 0 saturated heterocycles. The van der Waals surface area contributed by atoms with Crippen LogP contribution in [-0.4, -0.2) is 22.8 Å². The Balaban J connectivity index is 1.56. The molecule has 1 aromatic carbocycles. The molecular formula is C20H23N3O2. The summed E-state index contributed by atoms with van der Waals surface area (Å²) in [5, 5.41) is 6.01. The molecule has 0 bridgehead atoms. The lowest BCUT2D eigenvalue weighted by Gasteiger charge is -2.20. The maximum absolute atomic E-state index is 12.5. The topological polar surface area (TPSA) is 71.1 Å². The summed E-state index contributed by atoms with van der Waals surface area (Å²) in [6, 6.07) is 11.4. The summed E-state index contributed by atoms with van der Waals surface area (Å²) in [7, 11) is 0. The summed E-state index contributed by atoms with van der Waals surface area (Å²) in [5.41, 5.74) is 2.85. The van der Waals surface area contributed by atoms with Gasteiger partial charge in [0, 0.05) is 30.5 Å². The number of aromatic nitrogens is 1. The molecule has 1 aliphatic carbocycles. The molecule has 0 unspecified atom stereocenters. The number of aryl methyl sites for hydroxylation is 1. The summed E-state index contributed by atoms with van der Waals surface area (Å²) in [4.78, 5) is 28.8. The van der Waals surface area contributed by atoms with Crippen LogP contribution in [0, 0.1) is 12.8 Å². The fourth-order valence-corrected chi connectivity index (χ4v) is 3.23. The van der Waals surface area contributed by atoms with Gasteiger partial charge in [-0.05, 0) is 37.5 Å². The van der Waals surface area contributed by atoms with E-state index in [1.165, 1.54) is 5.56 Å². The van der Waals surface area contributed by atoms with Gasteiger partial charge in [0.25, 0.3) is 5.91 Å². The van der Waals surface area contributed by atoms with Crippen LogP contribution in [-0.2, 0) is 11.3 Å². The van der Waals surface area contributed by atoms with Gasteiger partial charge in [0.1, 0.15) is 0 Å². The van der Waals surface area contributed by atoms with Crippen molar-refractivity contribution in [3.8, 4) is 0 Å². The highest BCUT2D eigenvalue weighted by Crippen LogP contribution is 2.26. The first-order chi connectivity index (χ1) is 12.1. The smallest absolute Gasteiger partial charge is 0.251 e. The van der Waals surface area contributed by atoms with E-state index >= 15 is 0 Å². The van der Waals surface area contributed by atoms with Gasteiger partial charge in [-0.2, -0.15) is 0 Å². The zero-order valence-electron chi connectivity index (χ0n) is 14.4. The van der Waals surface area contributed by atoms with Crippen molar-refractivity contribution in [1.29, 1.82) is 0 Å². The van der Waals surface area contributed by atoms with E-state index < -0.39 is 0 Å². The first-order valence-electron chi connectivity index (χ1n) is 8.67. The molecule has 2 amide bonds. The quantitative estimate of drug-likeness (QED) is 0.881. The van der Waals surface area contributed by atoms with Gasteiger partial charge >= 0.3 is 0 Å². The van der Waals surface area contributed by atoms with E-state index in [0.717, 1.165) is 24.8 Å². The van der Waals surface area contributed by atoms with Crippen molar-refractivity contribution in [2.75, 3.05) is 0 Å². The number of carbonyl (C=O) groups excluding carboxylic acids is 2. The van der Waals surface area contributed by atoms with Crippen molar-refractivity contribution >= 4 is 11.8 Å². The predicted molar refractivity (Wildman–Crippen MR) is 95.9 cm³/mol. The Morgan fingerprint density at radius 3 is 2.52 bits per heavy atom. The van der Waals surface area contributed by atoms with Crippen molar-refractivity contribution in [2.45, 2.75) is 38.8 Å². The zero-order valence-corrected chi connectivity index (χ0v) is 14.4. The van der Waals surface area contributed by atoms with Crippen LogP contribution in [0.3, 0.4) is 0 Å². The molecule has 1 fully saturated rings. The zero-order chi connectivity index (χ0) is 17.6. The fraction of sp³-hybridized carbons (Fsp3) is 0.350. The van der Waals surface area contributed by atoms with Gasteiger partial charge in [-0.3, -0.25) is 14.6 Å². The second-order valence-electron chi connectivity index (χ2n) is 6.56. The number of carbonyl (C=O) groups is 2. The molecule has 5 heteroatoms. The minimum atomic E-state index is -0.170. The normalized spacial score (nSPS) is 19.4. The van der Waals surface area contributed by atoms with Gasteiger partial charge in [0.2, 0.25) is 5.91 Å². The molecule has 25 heavy (non-hydrogen) atoms. The Bertz CT molecular complexity index is 728. The number of pyridine rings is 1. The number of benzene rings is 1. The van der Waals surface area contributed by atoms with Gasteiger partial charge in [0.15, 0.2) is 0 Å². The highest BCUT2D eigenvalue weighted by molar-refractivity contribution is 5.94. The third-order valence-electron chi connectivity index (χ3n) is 4.70. The van der Waals surface area contributed by atoms with Crippen LogP contribution < -0.4 is 10.6 Å². The second kappa shape index (κ2) is 7.92. The first kappa shape index (κ1) is 17.1. The summed E-state index contributed by atoms with van der Waals surface area (Å²) >= 11 is 0. The number of amides is 2. The maximum atomic E-state index is 12.5. The number of nitrogens with one attached hydrogen (secondary N) is 2. The minimum absolute atomic E-state index is 0.0121. The average molecular weight is 337 g/mol. The molecule has 5 nitrogen and oxygen atoms in total. The van der Waals surface area contributed by atoms with Crippen molar-refractivity contribution in [2.24, 2.45) is 5.92 Å². The summed E-state index contributed by atoms with van der Waals surface area (Å²) < 4.78 is 0. The summed E-state index contributed by atoms with van der Waals surface area (Å²) in [6.45, 7) is 2.55. The molecule has 1 aliphatic rings. The lowest BCUT2D eigenvalue weighted by atomic mass is 10.0. The minimum Gasteiger partial charge on any atom is -0.352 e. The van der Waals surface area contributed by atoms with Gasteiger partial charge in [-0.1, -0.05) is 36.2 Å². The molecule has 2 N–H and O–H groups in total. The van der Waals surface area contributed by atoms with Crippen LogP contribution in [0.1, 0.15) is 40.7 Å². The van der Waals surface area contributed by atoms with Crippen LogP contribution in [0.15, 0.2) is 48.8 Å². The number of nitrogens with zero attached hydrogens (tertiary/aromatic N) is 1. The molecule has 3 rings (SSSR count). The molecular weight excluding hydrogens is 314 g/mol. The Morgan fingerprint density at radius 2 is 1.80 bits per heavy atom. The Morgan fingerprint density at radius 1 is 1.08 bits per heavy atom. The standard InChI is InChI=1S/C20H23N3O2/c1-14-5-7-15(8-6-14)13-22-20(25)17-3-2-4-18(17)23-19(24)16-9-11-21-12-10-16/h5-12,17-18H,2-4,13H2,1H3,(H,22,25)(H,23,24)/t17-,18+/m0/s1. The van der Waals surface area contributed by atoms with Crippen molar-refractivity contribution < 1.29 is 9.59 Å². The van der Waals surface area contributed by atoms with E-state index in [-0.39, 0.29) is 23.8 Å².